The topological polar surface area (TPSA) is 71.9 Å². The van der Waals surface area contributed by atoms with Gasteiger partial charge in [0.05, 0.1) is 20.3 Å². The van der Waals surface area contributed by atoms with E-state index in [2.05, 4.69) is 4.98 Å². The van der Waals surface area contributed by atoms with Crippen molar-refractivity contribution in [1.29, 1.82) is 0 Å². The number of benzene rings is 1. The minimum Gasteiger partial charge on any atom is -0.497 e. The van der Waals surface area contributed by atoms with Crippen molar-refractivity contribution in [3.8, 4) is 16.9 Å². The fourth-order valence-electron chi connectivity index (χ4n) is 2.87. The van der Waals surface area contributed by atoms with E-state index in [0.29, 0.717) is 37.7 Å². The van der Waals surface area contributed by atoms with Crippen molar-refractivity contribution < 1.29 is 19.4 Å². The number of hydrogen-bond donors (Lipinski definition) is 1. The number of carboxylic acid groups (broad SMARTS) is 1. The summed E-state index contributed by atoms with van der Waals surface area (Å²) in [6.07, 6.45) is 0. The van der Waals surface area contributed by atoms with Gasteiger partial charge in [-0.05, 0) is 30.7 Å². The first-order valence-corrected chi connectivity index (χ1v) is 7.82. The zero-order valence-electron chi connectivity index (χ0n) is 13.8. The standard InChI is InChI=1S/C18H20N2O4/c1-12-11-15(13-3-5-14(23-2)6-4-13)16(18(21)22)17(19-12)20-7-9-24-10-8-20/h3-6,11H,7-10H2,1-2H3,(H,21,22). The molecule has 0 unspecified atom stereocenters. The predicted molar refractivity (Wildman–Crippen MR) is 91.0 cm³/mol. The van der Waals surface area contributed by atoms with E-state index in [-0.39, 0.29) is 5.56 Å². The van der Waals surface area contributed by atoms with Gasteiger partial charge in [0, 0.05) is 24.3 Å². The number of methoxy groups -OCH3 is 1. The number of aromatic nitrogens is 1. The Labute approximate surface area is 140 Å². The summed E-state index contributed by atoms with van der Waals surface area (Å²) in [5, 5.41) is 9.81. The van der Waals surface area contributed by atoms with Crippen LogP contribution in [0.5, 0.6) is 5.75 Å². The number of anilines is 1. The van der Waals surface area contributed by atoms with Gasteiger partial charge in [-0.25, -0.2) is 9.78 Å². The first kappa shape index (κ1) is 16.3. The highest BCUT2D eigenvalue weighted by molar-refractivity contribution is 6.01. The number of ether oxygens (including phenoxy) is 2. The summed E-state index contributed by atoms with van der Waals surface area (Å²) >= 11 is 0. The highest BCUT2D eigenvalue weighted by Gasteiger charge is 2.24. The number of morpholine rings is 1. The van der Waals surface area contributed by atoms with Crippen molar-refractivity contribution in [3.63, 3.8) is 0 Å². The molecule has 1 aromatic carbocycles. The summed E-state index contributed by atoms with van der Waals surface area (Å²) in [6.45, 7) is 4.30. The van der Waals surface area contributed by atoms with Crippen LogP contribution in [-0.2, 0) is 4.74 Å². The summed E-state index contributed by atoms with van der Waals surface area (Å²) in [7, 11) is 1.60. The molecule has 3 rings (SSSR count). The molecule has 126 valence electrons. The predicted octanol–water partition coefficient (Wildman–Crippen LogP) is 2.60. The molecule has 0 amide bonds. The maximum absolute atomic E-state index is 12.0. The third kappa shape index (κ3) is 3.19. The molecule has 6 nitrogen and oxygen atoms in total. The van der Waals surface area contributed by atoms with E-state index in [9.17, 15) is 9.90 Å². The fourth-order valence-corrected chi connectivity index (χ4v) is 2.87. The van der Waals surface area contributed by atoms with Crippen LogP contribution < -0.4 is 9.64 Å². The van der Waals surface area contributed by atoms with Crippen LogP contribution >= 0.6 is 0 Å². The molecule has 6 heteroatoms. The van der Waals surface area contributed by atoms with Crippen LogP contribution in [0.4, 0.5) is 5.82 Å². The van der Waals surface area contributed by atoms with E-state index in [1.165, 1.54) is 0 Å². The van der Waals surface area contributed by atoms with Crippen LogP contribution in [0.15, 0.2) is 30.3 Å². The van der Waals surface area contributed by atoms with Gasteiger partial charge in [-0.1, -0.05) is 12.1 Å². The van der Waals surface area contributed by atoms with E-state index < -0.39 is 5.97 Å². The van der Waals surface area contributed by atoms with Gasteiger partial charge in [0.25, 0.3) is 0 Å². The second-order valence-corrected chi connectivity index (χ2v) is 5.64. The lowest BCUT2D eigenvalue weighted by atomic mass is 9.99. The Balaban J connectivity index is 2.13. The molecule has 0 bridgehead atoms. The highest BCUT2D eigenvalue weighted by Crippen LogP contribution is 2.32. The van der Waals surface area contributed by atoms with Crippen LogP contribution in [-0.4, -0.2) is 49.5 Å². The second kappa shape index (κ2) is 6.88. The molecule has 0 saturated carbocycles. The normalized spacial score (nSPS) is 14.5. The summed E-state index contributed by atoms with van der Waals surface area (Å²) in [6, 6.07) is 9.19. The fraction of sp³-hybridized carbons (Fsp3) is 0.333. The van der Waals surface area contributed by atoms with Crippen molar-refractivity contribution >= 4 is 11.8 Å². The minimum absolute atomic E-state index is 0.229. The van der Waals surface area contributed by atoms with Gasteiger partial charge < -0.3 is 19.5 Å². The van der Waals surface area contributed by atoms with Crippen molar-refractivity contribution in [1.82, 2.24) is 4.98 Å². The van der Waals surface area contributed by atoms with Gasteiger partial charge in [0.2, 0.25) is 0 Å². The maximum Gasteiger partial charge on any atom is 0.340 e. The van der Waals surface area contributed by atoms with Crippen LogP contribution in [0.3, 0.4) is 0 Å². The molecule has 0 radical (unpaired) electrons. The molecular weight excluding hydrogens is 308 g/mol. The van der Waals surface area contributed by atoms with Crippen molar-refractivity contribution in [2.24, 2.45) is 0 Å². The number of rotatable bonds is 4. The zero-order chi connectivity index (χ0) is 17.1. The quantitative estimate of drug-likeness (QED) is 0.930. The molecule has 1 aromatic heterocycles. The van der Waals surface area contributed by atoms with E-state index in [1.807, 2.05) is 42.2 Å². The summed E-state index contributed by atoms with van der Waals surface area (Å²) in [5.41, 5.74) is 2.51. The molecule has 24 heavy (non-hydrogen) atoms. The summed E-state index contributed by atoms with van der Waals surface area (Å²) in [5.74, 6) is 0.265. The van der Waals surface area contributed by atoms with Crippen molar-refractivity contribution in [2.45, 2.75) is 6.92 Å². The monoisotopic (exact) mass is 328 g/mol. The van der Waals surface area contributed by atoms with Crippen LogP contribution in [0, 0.1) is 6.92 Å². The van der Waals surface area contributed by atoms with Gasteiger partial charge in [-0.2, -0.15) is 0 Å². The largest absolute Gasteiger partial charge is 0.497 e. The number of nitrogens with zero attached hydrogens (tertiary/aromatic N) is 2. The Morgan fingerprint density at radius 2 is 1.92 bits per heavy atom. The summed E-state index contributed by atoms with van der Waals surface area (Å²) in [4.78, 5) is 18.5. The Morgan fingerprint density at radius 3 is 2.50 bits per heavy atom. The van der Waals surface area contributed by atoms with E-state index >= 15 is 0 Å². The van der Waals surface area contributed by atoms with Crippen molar-refractivity contribution in [3.05, 3.63) is 41.6 Å². The lowest BCUT2D eigenvalue weighted by Gasteiger charge is -2.29. The minimum atomic E-state index is -0.977. The molecule has 0 spiro atoms. The Bertz CT molecular complexity index is 737. The van der Waals surface area contributed by atoms with Gasteiger partial charge in [0.15, 0.2) is 0 Å². The first-order valence-electron chi connectivity index (χ1n) is 7.82. The van der Waals surface area contributed by atoms with E-state index in [1.54, 1.807) is 7.11 Å². The smallest absolute Gasteiger partial charge is 0.340 e. The average Bonchev–Trinajstić information content (AvgIpc) is 2.61. The lowest BCUT2D eigenvalue weighted by Crippen LogP contribution is -2.38. The number of hydrogen-bond acceptors (Lipinski definition) is 5. The van der Waals surface area contributed by atoms with Gasteiger partial charge in [-0.15, -0.1) is 0 Å². The number of carboxylic acids is 1. The van der Waals surface area contributed by atoms with Crippen LogP contribution in [0.2, 0.25) is 0 Å². The lowest BCUT2D eigenvalue weighted by molar-refractivity contribution is 0.0696. The van der Waals surface area contributed by atoms with Crippen LogP contribution in [0.1, 0.15) is 16.1 Å². The molecule has 1 N–H and O–H groups in total. The molecular formula is C18H20N2O4. The van der Waals surface area contributed by atoms with Gasteiger partial charge >= 0.3 is 5.97 Å². The van der Waals surface area contributed by atoms with E-state index in [0.717, 1.165) is 17.0 Å². The van der Waals surface area contributed by atoms with Crippen LogP contribution in [0.25, 0.3) is 11.1 Å². The maximum atomic E-state index is 12.0. The molecule has 2 heterocycles. The number of aryl methyl sites for hydroxylation is 1. The molecule has 0 aliphatic carbocycles. The Hall–Kier alpha value is -2.60. The molecule has 1 saturated heterocycles. The number of aromatic carboxylic acids is 1. The molecule has 1 aliphatic heterocycles. The molecule has 2 aromatic rings. The van der Waals surface area contributed by atoms with Gasteiger partial charge in [0.1, 0.15) is 17.1 Å². The Morgan fingerprint density at radius 1 is 1.25 bits per heavy atom. The molecule has 1 fully saturated rings. The SMILES string of the molecule is COc1ccc(-c2cc(C)nc(N3CCOCC3)c2C(=O)O)cc1. The third-order valence-electron chi connectivity index (χ3n) is 4.05. The molecule has 1 aliphatic rings. The zero-order valence-corrected chi connectivity index (χ0v) is 13.8. The second-order valence-electron chi connectivity index (χ2n) is 5.64. The first-order chi connectivity index (χ1) is 11.6. The Kier molecular flexibility index (Phi) is 4.66. The summed E-state index contributed by atoms with van der Waals surface area (Å²) < 4.78 is 10.5. The number of carbonyl (C=O) groups is 1. The molecule has 0 atom stereocenters. The average molecular weight is 328 g/mol. The highest BCUT2D eigenvalue weighted by atomic mass is 16.5. The number of pyridine rings is 1. The van der Waals surface area contributed by atoms with Crippen molar-refractivity contribution in [2.75, 3.05) is 38.3 Å². The van der Waals surface area contributed by atoms with E-state index in [4.69, 9.17) is 9.47 Å². The third-order valence-corrected chi connectivity index (χ3v) is 4.05. The van der Waals surface area contributed by atoms with Gasteiger partial charge in [-0.3, -0.25) is 0 Å².